The van der Waals surface area contributed by atoms with Crippen LogP contribution in [0.25, 0.3) is 0 Å². The molecule has 0 saturated heterocycles. The minimum Gasteiger partial charge on any atom is -0.325 e. The van der Waals surface area contributed by atoms with Gasteiger partial charge in [0.1, 0.15) is 5.82 Å². The van der Waals surface area contributed by atoms with Gasteiger partial charge in [0, 0.05) is 13.0 Å². The van der Waals surface area contributed by atoms with Crippen molar-refractivity contribution in [2.24, 2.45) is 5.73 Å². The van der Waals surface area contributed by atoms with E-state index < -0.39 is 12.5 Å². The third kappa shape index (κ3) is 1.39. The quantitative estimate of drug-likeness (QED) is 0.766. The maximum absolute atomic E-state index is 13.3. The molecule has 0 aromatic carbocycles. The molecule has 1 aliphatic rings. The summed E-state index contributed by atoms with van der Waals surface area (Å²) in [4.78, 5) is 0. The van der Waals surface area contributed by atoms with Gasteiger partial charge in [-0.25, -0.2) is 0 Å². The Labute approximate surface area is 80.1 Å². The Morgan fingerprint density at radius 1 is 1.36 bits per heavy atom. The minimum atomic E-state index is -3.05. The van der Waals surface area contributed by atoms with Crippen LogP contribution in [-0.2, 0) is 18.9 Å². The van der Waals surface area contributed by atoms with Crippen LogP contribution in [0.5, 0.6) is 0 Å². The van der Waals surface area contributed by atoms with Crippen LogP contribution < -0.4 is 5.73 Å². The lowest BCUT2D eigenvalue weighted by molar-refractivity contribution is -0.00790. The zero-order chi connectivity index (χ0) is 10.2. The zero-order valence-electron chi connectivity index (χ0n) is 7.71. The number of nitrogens with zero attached hydrogens (tertiary/aromatic N) is 3. The molecule has 2 heterocycles. The predicted octanol–water partition coefficient (Wildman–Crippen LogP) is 0.665. The Balaban J connectivity index is 2.39. The third-order valence-corrected chi connectivity index (χ3v) is 2.44. The van der Waals surface area contributed by atoms with Crippen LogP contribution in [0, 0.1) is 0 Å². The molecule has 78 valence electrons. The van der Waals surface area contributed by atoms with Crippen LogP contribution in [0.1, 0.15) is 24.5 Å². The normalized spacial score (nSPS) is 16.8. The summed E-state index contributed by atoms with van der Waals surface area (Å²) in [6, 6.07) is 0. The lowest BCUT2D eigenvalue weighted by Gasteiger charge is -2.18. The van der Waals surface area contributed by atoms with Crippen LogP contribution in [-0.4, -0.2) is 21.3 Å². The van der Waals surface area contributed by atoms with Gasteiger partial charge in [-0.15, -0.1) is 10.2 Å². The second kappa shape index (κ2) is 3.27. The molecule has 1 aliphatic heterocycles. The van der Waals surface area contributed by atoms with Crippen molar-refractivity contribution < 1.29 is 8.78 Å². The van der Waals surface area contributed by atoms with Gasteiger partial charge in [-0.3, -0.25) is 0 Å². The highest BCUT2D eigenvalue weighted by Crippen LogP contribution is 2.27. The SMILES string of the molecule is NCC(F)(F)c1nnc2n1CCCC2. The molecule has 6 heteroatoms. The monoisotopic (exact) mass is 202 g/mol. The largest absolute Gasteiger partial charge is 0.325 e. The first-order valence-corrected chi connectivity index (χ1v) is 4.65. The lowest BCUT2D eigenvalue weighted by atomic mass is 10.1. The molecular weight excluding hydrogens is 190 g/mol. The number of fused-ring (bicyclic) bond motifs is 1. The van der Waals surface area contributed by atoms with Crippen molar-refractivity contribution in [3.8, 4) is 0 Å². The van der Waals surface area contributed by atoms with E-state index >= 15 is 0 Å². The fraction of sp³-hybridized carbons (Fsp3) is 0.750. The number of aryl methyl sites for hydroxylation is 1. The van der Waals surface area contributed by atoms with E-state index in [0.29, 0.717) is 12.4 Å². The van der Waals surface area contributed by atoms with E-state index in [0.717, 1.165) is 19.3 Å². The molecule has 1 aromatic heterocycles. The van der Waals surface area contributed by atoms with Crippen molar-refractivity contribution in [1.82, 2.24) is 14.8 Å². The maximum Gasteiger partial charge on any atom is 0.318 e. The molecule has 2 N–H and O–H groups in total. The summed E-state index contributed by atoms with van der Waals surface area (Å²) in [6.07, 6.45) is 2.62. The predicted molar refractivity (Wildman–Crippen MR) is 45.9 cm³/mol. The molecule has 0 atom stereocenters. The molecular formula is C8H12F2N4. The van der Waals surface area contributed by atoms with Crippen molar-refractivity contribution in [1.29, 1.82) is 0 Å². The van der Waals surface area contributed by atoms with Gasteiger partial charge in [0.15, 0.2) is 0 Å². The topological polar surface area (TPSA) is 56.7 Å². The fourth-order valence-corrected chi connectivity index (χ4v) is 1.67. The molecule has 2 rings (SSSR count). The Morgan fingerprint density at radius 2 is 2.14 bits per heavy atom. The van der Waals surface area contributed by atoms with E-state index in [2.05, 4.69) is 10.2 Å². The highest BCUT2D eigenvalue weighted by Gasteiger charge is 2.37. The molecule has 0 amide bonds. The molecule has 4 nitrogen and oxygen atoms in total. The number of nitrogens with two attached hydrogens (primary N) is 1. The fourth-order valence-electron chi connectivity index (χ4n) is 1.67. The van der Waals surface area contributed by atoms with Crippen LogP contribution in [0.15, 0.2) is 0 Å². The number of aromatic nitrogens is 3. The summed E-state index contributed by atoms with van der Waals surface area (Å²) < 4.78 is 28.0. The zero-order valence-corrected chi connectivity index (χ0v) is 7.71. The smallest absolute Gasteiger partial charge is 0.318 e. The number of alkyl halides is 2. The van der Waals surface area contributed by atoms with Crippen LogP contribution in [0.4, 0.5) is 8.78 Å². The van der Waals surface area contributed by atoms with E-state index in [4.69, 9.17) is 5.73 Å². The van der Waals surface area contributed by atoms with Gasteiger partial charge < -0.3 is 10.3 Å². The second-order valence-corrected chi connectivity index (χ2v) is 3.46. The average molecular weight is 202 g/mol. The minimum absolute atomic E-state index is 0.283. The Hall–Kier alpha value is -1.04. The van der Waals surface area contributed by atoms with Crippen LogP contribution >= 0.6 is 0 Å². The van der Waals surface area contributed by atoms with Gasteiger partial charge in [-0.1, -0.05) is 0 Å². The van der Waals surface area contributed by atoms with Crippen molar-refractivity contribution in [3.05, 3.63) is 11.6 Å². The molecule has 0 fully saturated rings. The Morgan fingerprint density at radius 3 is 2.86 bits per heavy atom. The Bertz CT molecular complexity index is 334. The number of hydrogen-bond acceptors (Lipinski definition) is 3. The number of halogens is 2. The van der Waals surface area contributed by atoms with E-state index in [1.54, 1.807) is 0 Å². The van der Waals surface area contributed by atoms with Crippen molar-refractivity contribution in [3.63, 3.8) is 0 Å². The third-order valence-electron chi connectivity index (χ3n) is 2.44. The molecule has 0 spiro atoms. The van der Waals surface area contributed by atoms with E-state index in [1.165, 1.54) is 4.57 Å². The van der Waals surface area contributed by atoms with Gasteiger partial charge >= 0.3 is 5.92 Å². The first-order chi connectivity index (χ1) is 6.65. The molecule has 0 unspecified atom stereocenters. The van der Waals surface area contributed by atoms with Crippen molar-refractivity contribution in [2.45, 2.75) is 31.7 Å². The molecule has 14 heavy (non-hydrogen) atoms. The van der Waals surface area contributed by atoms with Crippen molar-refractivity contribution in [2.75, 3.05) is 6.54 Å². The lowest BCUT2D eigenvalue weighted by Crippen LogP contribution is -2.30. The summed E-state index contributed by atoms with van der Waals surface area (Å²) in [5.74, 6) is -2.68. The first kappa shape index (κ1) is 9.51. The number of rotatable bonds is 2. The summed E-state index contributed by atoms with van der Waals surface area (Å²) in [5.41, 5.74) is 5.00. The van der Waals surface area contributed by atoms with Gasteiger partial charge in [-0.05, 0) is 12.8 Å². The summed E-state index contributed by atoms with van der Waals surface area (Å²) in [7, 11) is 0. The molecule has 0 bridgehead atoms. The standard InChI is InChI=1S/C8H12F2N4/c9-8(10,5-11)7-13-12-6-3-1-2-4-14(6)7/h1-5,11H2. The first-order valence-electron chi connectivity index (χ1n) is 4.65. The van der Waals surface area contributed by atoms with Crippen molar-refractivity contribution >= 4 is 0 Å². The highest BCUT2D eigenvalue weighted by atomic mass is 19.3. The van der Waals surface area contributed by atoms with E-state index in [-0.39, 0.29) is 5.82 Å². The molecule has 0 aliphatic carbocycles. The molecule has 0 radical (unpaired) electrons. The number of hydrogen-bond donors (Lipinski definition) is 1. The van der Waals surface area contributed by atoms with Gasteiger partial charge in [0.05, 0.1) is 6.54 Å². The molecule has 1 aromatic rings. The van der Waals surface area contributed by atoms with E-state index in [1.807, 2.05) is 0 Å². The molecule has 0 saturated carbocycles. The highest BCUT2D eigenvalue weighted by molar-refractivity contribution is 5.05. The van der Waals surface area contributed by atoms with Gasteiger partial charge in [0.25, 0.3) is 0 Å². The summed E-state index contributed by atoms with van der Waals surface area (Å²) in [6.45, 7) is -0.140. The van der Waals surface area contributed by atoms with Gasteiger partial charge in [-0.2, -0.15) is 8.78 Å². The van der Waals surface area contributed by atoms with E-state index in [9.17, 15) is 8.78 Å². The average Bonchev–Trinajstić information content (AvgIpc) is 2.61. The summed E-state index contributed by atoms with van der Waals surface area (Å²) in [5, 5.41) is 7.27. The second-order valence-electron chi connectivity index (χ2n) is 3.46. The summed E-state index contributed by atoms with van der Waals surface area (Å²) >= 11 is 0. The van der Waals surface area contributed by atoms with Crippen LogP contribution in [0.3, 0.4) is 0 Å². The van der Waals surface area contributed by atoms with Crippen LogP contribution in [0.2, 0.25) is 0 Å². The van der Waals surface area contributed by atoms with Gasteiger partial charge in [0.2, 0.25) is 5.82 Å². The Kier molecular flexibility index (Phi) is 2.22. The maximum atomic E-state index is 13.3.